The quantitative estimate of drug-likeness (QED) is 0.387. The fourth-order valence-corrected chi connectivity index (χ4v) is 2.33. The Morgan fingerprint density at radius 1 is 1.00 bits per heavy atom. The summed E-state index contributed by atoms with van der Waals surface area (Å²) in [6.45, 7) is 2.58. The molecule has 0 aliphatic heterocycles. The zero-order valence-corrected chi connectivity index (χ0v) is 15.4. The van der Waals surface area contributed by atoms with Gasteiger partial charge in [-0.15, -0.1) is 0 Å². The molecule has 2 rings (SSSR count). The Hall–Kier alpha value is -2.95. The molecule has 5 heteroatoms. The second-order valence-electron chi connectivity index (χ2n) is 5.46. The van der Waals surface area contributed by atoms with Gasteiger partial charge in [0.25, 0.3) is 0 Å². The number of esters is 1. The molecule has 0 heterocycles. The van der Waals surface area contributed by atoms with Gasteiger partial charge in [0.05, 0.1) is 14.2 Å². The molecule has 0 unspecified atom stereocenters. The Kier molecular flexibility index (Phi) is 7.55. The molecule has 0 atom stereocenters. The third-order valence-electron chi connectivity index (χ3n) is 3.72. The zero-order valence-electron chi connectivity index (χ0n) is 15.4. The number of benzene rings is 2. The average molecular weight is 356 g/mol. The van der Waals surface area contributed by atoms with Crippen LogP contribution in [-0.4, -0.2) is 33.4 Å². The van der Waals surface area contributed by atoms with Gasteiger partial charge in [-0.3, -0.25) is 0 Å². The van der Waals surface area contributed by atoms with Crippen molar-refractivity contribution in [1.82, 2.24) is 0 Å². The number of methoxy groups -OCH3 is 2. The maximum atomic E-state index is 11.8. The fourth-order valence-electron chi connectivity index (χ4n) is 2.33. The maximum absolute atomic E-state index is 11.8. The van der Waals surface area contributed by atoms with E-state index in [1.165, 1.54) is 11.6 Å². The number of hydrogen-bond donors (Lipinski definition) is 0. The topological polar surface area (TPSA) is 54.0 Å². The summed E-state index contributed by atoms with van der Waals surface area (Å²) < 4.78 is 21.1. The maximum Gasteiger partial charge on any atom is 0.330 e. The molecule has 0 aromatic heterocycles. The normalized spacial score (nSPS) is 10.6. The minimum Gasteiger partial charge on any atom is -0.493 e. The minimum absolute atomic E-state index is 0.186. The minimum atomic E-state index is -0.425. The van der Waals surface area contributed by atoms with E-state index in [0.717, 1.165) is 17.7 Å². The first-order valence-corrected chi connectivity index (χ1v) is 8.45. The second-order valence-corrected chi connectivity index (χ2v) is 5.46. The highest BCUT2D eigenvalue weighted by Crippen LogP contribution is 2.27. The van der Waals surface area contributed by atoms with Gasteiger partial charge in [0.2, 0.25) is 0 Å². The van der Waals surface area contributed by atoms with Crippen molar-refractivity contribution >= 4 is 12.0 Å². The number of carbonyl (C=O) groups excluding carboxylic acids is 1. The van der Waals surface area contributed by atoms with Crippen LogP contribution in [0.4, 0.5) is 0 Å². The van der Waals surface area contributed by atoms with Crippen LogP contribution >= 0.6 is 0 Å². The van der Waals surface area contributed by atoms with Crippen LogP contribution in [0.3, 0.4) is 0 Å². The van der Waals surface area contributed by atoms with E-state index in [-0.39, 0.29) is 6.61 Å². The van der Waals surface area contributed by atoms with Gasteiger partial charge in [-0.05, 0) is 47.9 Å². The molecule has 5 nitrogen and oxygen atoms in total. The highest BCUT2D eigenvalue weighted by Gasteiger charge is 2.04. The van der Waals surface area contributed by atoms with E-state index in [1.54, 1.807) is 32.4 Å². The molecule has 0 aliphatic carbocycles. The molecule has 0 bridgehead atoms. The van der Waals surface area contributed by atoms with Gasteiger partial charge in [-0.1, -0.05) is 25.1 Å². The van der Waals surface area contributed by atoms with Crippen molar-refractivity contribution in [2.45, 2.75) is 13.3 Å². The van der Waals surface area contributed by atoms with Crippen LogP contribution < -0.4 is 14.2 Å². The molecule has 138 valence electrons. The highest BCUT2D eigenvalue weighted by molar-refractivity contribution is 5.87. The molecule has 26 heavy (non-hydrogen) atoms. The van der Waals surface area contributed by atoms with E-state index in [1.807, 2.05) is 30.3 Å². The predicted molar refractivity (Wildman–Crippen MR) is 101 cm³/mol. The summed E-state index contributed by atoms with van der Waals surface area (Å²) in [6, 6.07) is 13.3. The molecule has 0 saturated carbocycles. The number of carbonyl (C=O) groups is 1. The molecule has 2 aromatic rings. The summed E-state index contributed by atoms with van der Waals surface area (Å²) in [7, 11) is 3.14. The monoisotopic (exact) mass is 356 g/mol. The van der Waals surface area contributed by atoms with Gasteiger partial charge in [-0.25, -0.2) is 4.79 Å². The van der Waals surface area contributed by atoms with Gasteiger partial charge in [0.15, 0.2) is 11.5 Å². The Bertz CT molecular complexity index is 752. The lowest BCUT2D eigenvalue weighted by Crippen LogP contribution is -2.10. The predicted octanol–water partition coefficient (Wildman–Crippen LogP) is 3.90. The lowest BCUT2D eigenvalue weighted by atomic mass is 10.2. The summed E-state index contributed by atoms with van der Waals surface area (Å²) in [5.74, 6) is 1.59. The van der Waals surface area contributed by atoms with Crippen molar-refractivity contribution in [3.8, 4) is 17.2 Å². The van der Waals surface area contributed by atoms with Crippen LogP contribution in [0.1, 0.15) is 18.1 Å². The first-order valence-electron chi connectivity index (χ1n) is 8.45. The van der Waals surface area contributed by atoms with Crippen LogP contribution in [0.25, 0.3) is 6.08 Å². The largest absolute Gasteiger partial charge is 0.493 e. The van der Waals surface area contributed by atoms with Gasteiger partial charge in [0, 0.05) is 6.08 Å². The molecule has 0 spiro atoms. The van der Waals surface area contributed by atoms with Gasteiger partial charge < -0.3 is 18.9 Å². The van der Waals surface area contributed by atoms with Gasteiger partial charge in [-0.2, -0.15) is 0 Å². The van der Waals surface area contributed by atoms with Crippen LogP contribution in [0.5, 0.6) is 17.2 Å². The van der Waals surface area contributed by atoms with Gasteiger partial charge >= 0.3 is 5.97 Å². The SMILES string of the molecule is CCc1cccc(OCCOC(=O)/C=C/c2ccc(OC)c(OC)c2)c1. The molecule has 0 N–H and O–H groups in total. The van der Waals surface area contributed by atoms with Crippen molar-refractivity contribution in [2.24, 2.45) is 0 Å². The molecule has 2 aromatic carbocycles. The van der Waals surface area contributed by atoms with Crippen LogP contribution in [0.2, 0.25) is 0 Å². The number of rotatable bonds is 9. The fraction of sp³-hybridized carbons (Fsp3) is 0.286. The van der Waals surface area contributed by atoms with Crippen molar-refractivity contribution in [1.29, 1.82) is 0 Å². The summed E-state index contributed by atoms with van der Waals surface area (Å²) in [5, 5.41) is 0. The number of hydrogen-bond acceptors (Lipinski definition) is 5. The standard InChI is InChI=1S/C21H24O5/c1-4-16-6-5-7-18(14-16)25-12-13-26-21(22)11-9-17-8-10-19(23-2)20(15-17)24-3/h5-11,14-15H,4,12-13H2,1-3H3/b11-9+. The first-order chi connectivity index (χ1) is 12.7. The smallest absolute Gasteiger partial charge is 0.330 e. The summed E-state index contributed by atoms with van der Waals surface area (Å²) in [6.07, 6.45) is 3.99. The van der Waals surface area contributed by atoms with E-state index < -0.39 is 5.97 Å². The van der Waals surface area contributed by atoms with E-state index in [0.29, 0.717) is 18.1 Å². The second kappa shape index (κ2) is 10.1. The van der Waals surface area contributed by atoms with E-state index in [4.69, 9.17) is 18.9 Å². The van der Waals surface area contributed by atoms with E-state index in [9.17, 15) is 4.79 Å². The highest BCUT2D eigenvalue weighted by atomic mass is 16.6. The molecule has 0 amide bonds. The lowest BCUT2D eigenvalue weighted by Gasteiger charge is -2.08. The molecule has 0 saturated heterocycles. The van der Waals surface area contributed by atoms with Crippen LogP contribution in [-0.2, 0) is 16.0 Å². The zero-order chi connectivity index (χ0) is 18.8. The summed E-state index contributed by atoms with van der Waals surface area (Å²) >= 11 is 0. The summed E-state index contributed by atoms with van der Waals surface area (Å²) in [4.78, 5) is 11.8. The van der Waals surface area contributed by atoms with Crippen molar-refractivity contribution in [3.05, 3.63) is 59.7 Å². The molecule has 0 radical (unpaired) electrons. The average Bonchev–Trinajstić information content (AvgIpc) is 2.69. The molecule has 0 aliphatic rings. The molecular formula is C21H24O5. The Labute approximate surface area is 154 Å². The molecular weight excluding hydrogens is 332 g/mol. The van der Waals surface area contributed by atoms with Crippen LogP contribution in [0.15, 0.2) is 48.5 Å². The third-order valence-corrected chi connectivity index (χ3v) is 3.72. The Balaban J connectivity index is 1.78. The molecule has 0 fully saturated rings. The Morgan fingerprint density at radius 2 is 1.81 bits per heavy atom. The van der Waals surface area contributed by atoms with E-state index in [2.05, 4.69) is 6.92 Å². The van der Waals surface area contributed by atoms with Crippen molar-refractivity contribution in [2.75, 3.05) is 27.4 Å². The van der Waals surface area contributed by atoms with Gasteiger partial charge in [0.1, 0.15) is 19.0 Å². The summed E-state index contributed by atoms with van der Waals surface area (Å²) in [5.41, 5.74) is 2.02. The number of ether oxygens (including phenoxy) is 4. The first kappa shape index (κ1) is 19.4. The van der Waals surface area contributed by atoms with Crippen molar-refractivity contribution in [3.63, 3.8) is 0 Å². The lowest BCUT2D eigenvalue weighted by molar-refractivity contribution is -0.138. The van der Waals surface area contributed by atoms with Crippen molar-refractivity contribution < 1.29 is 23.7 Å². The third kappa shape index (κ3) is 5.84. The Morgan fingerprint density at radius 3 is 2.54 bits per heavy atom. The van der Waals surface area contributed by atoms with E-state index >= 15 is 0 Å². The van der Waals surface area contributed by atoms with Crippen LogP contribution in [0, 0.1) is 0 Å². The number of aryl methyl sites for hydroxylation is 1.